The molecule has 1 aliphatic heterocycles. The van der Waals surface area contributed by atoms with Gasteiger partial charge in [0.25, 0.3) is 0 Å². The Hall–Kier alpha value is -1.13. The lowest BCUT2D eigenvalue weighted by molar-refractivity contribution is -0.0172. The summed E-state index contributed by atoms with van der Waals surface area (Å²) in [6.07, 6.45) is 0. The Kier molecular flexibility index (Phi) is 2.88. The lowest BCUT2D eigenvalue weighted by Gasteiger charge is -2.23. The third kappa shape index (κ3) is 1.82. The summed E-state index contributed by atoms with van der Waals surface area (Å²) in [6, 6.07) is 3.06. The van der Waals surface area contributed by atoms with Gasteiger partial charge in [0.05, 0.1) is 6.61 Å². The van der Waals surface area contributed by atoms with Crippen LogP contribution >= 0.6 is 0 Å². The maximum atomic E-state index is 13.6. The SMILES string of the molecule is CC(CN)c1c(F)ccc2c1COCO2. The summed E-state index contributed by atoms with van der Waals surface area (Å²) in [7, 11) is 0. The first-order chi connectivity index (χ1) is 7.24. The second-order valence-corrected chi connectivity index (χ2v) is 3.69. The monoisotopic (exact) mass is 211 g/mol. The Labute approximate surface area is 88.0 Å². The van der Waals surface area contributed by atoms with E-state index in [0.717, 1.165) is 5.56 Å². The van der Waals surface area contributed by atoms with Crippen LogP contribution in [0.2, 0.25) is 0 Å². The van der Waals surface area contributed by atoms with Crippen LogP contribution in [0.4, 0.5) is 4.39 Å². The first kappa shape index (κ1) is 10.4. The van der Waals surface area contributed by atoms with E-state index in [1.165, 1.54) is 6.07 Å². The Morgan fingerprint density at radius 1 is 1.53 bits per heavy atom. The molecule has 15 heavy (non-hydrogen) atoms. The van der Waals surface area contributed by atoms with Crippen LogP contribution in [0, 0.1) is 5.82 Å². The Morgan fingerprint density at radius 2 is 2.33 bits per heavy atom. The van der Waals surface area contributed by atoms with Gasteiger partial charge in [-0.15, -0.1) is 0 Å². The van der Waals surface area contributed by atoms with Gasteiger partial charge in [0, 0.05) is 11.1 Å². The summed E-state index contributed by atoms with van der Waals surface area (Å²) < 4.78 is 24.1. The average Bonchev–Trinajstić information content (AvgIpc) is 2.28. The second kappa shape index (κ2) is 4.16. The van der Waals surface area contributed by atoms with Crippen molar-refractivity contribution in [2.45, 2.75) is 19.4 Å². The zero-order valence-corrected chi connectivity index (χ0v) is 8.63. The third-order valence-corrected chi connectivity index (χ3v) is 2.65. The fourth-order valence-electron chi connectivity index (χ4n) is 1.80. The van der Waals surface area contributed by atoms with E-state index in [0.29, 0.717) is 24.5 Å². The van der Waals surface area contributed by atoms with Crippen LogP contribution in [-0.4, -0.2) is 13.3 Å². The van der Waals surface area contributed by atoms with Crippen LogP contribution < -0.4 is 10.5 Å². The summed E-state index contributed by atoms with van der Waals surface area (Å²) >= 11 is 0. The molecule has 0 aliphatic carbocycles. The number of benzene rings is 1. The summed E-state index contributed by atoms with van der Waals surface area (Å²) in [5.41, 5.74) is 6.97. The van der Waals surface area contributed by atoms with E-state index >= 15 is 0 Å². The normalized spacial score (nSPS) is 16.7. The molecule has 1 aromatic carbocycles. The van der Waals surface area contributed by atoms with E-state index < -0.39 is 0 Å². The predicted octanol–water partition coefficient (Wildman–Crippen LogP) is 1.75. The van der Waals surface area contributed by atoms with E-state index in [9.17, 15) is 4.39 Å². The highest BCUT2D eigenvalue weighted by molar-refractivity contribution is 5.43. The first-order valence-corrected chi connectivity index (χ1v) is 4.96. The molecule has 1 unspecified atom stereocenters. The number of hydrogen-bond acceptors (Lipinski definition) is 3. The van der Waals surface area contributed by atoms with Crippen LogP contribution in [0.3, 0.4) is 0 Å². The molecule has 0 saturated heterocycles. The van der Waals surface area contributed by atoms with Crippen LogP contribution in [0.25, 0.3) is 0 Å². The molecule has 1 aromatic rings. The minimum Gasteiger partial charge on any atom is -0.467 e. The molecule has 82 valence electrons. The van der Waals surface area contributed by atoms with Crippen molar-refractivity contribution in [3.63, 3.8) is 0 Å². The van der Waals surface area contributed by atoms with Crippen LogP contribution in [0.5, 0.6) is 5.75 Å². The summed E-state index contributed by atoms with van der Waals surface area (Å²) in [4.78, 5) is 0. The predicted molar refractivity (Wildman–Crippen MR) is 54.2 cm³/mol. The van der Waals surface area contributed by atoms with Gasteiger partial charge in [-0.25, -0.2) is 4.39 Å². The Morgan fingerprint density at radius 3 is 3.07 bits per heavy atom. The van der Waals surface area contributed by atoms with Gasteiger partial charge in [0.1, 0.15) is 11.6 Å². The quantitative estimate of drug-likeness (QED) is 0.810. The van der Waals surface area contributed by atoms with Crippen molar-refractivity contribution < 1.29 is 13.9 Å². The highest BCUT2D eigenvalue weighted by atomic mass is 19.1. The van der Waals surface area contributed by atoms with Gasteiger partial charge in [0.2, 0.25) is 0 Å². The average molecular weight is 211 g/mol. The summed E-state index contributed by atoms with van der Waals surface area (Å²) in [5.74, 6) is 0.448. The van der Waals surface area contributed by atoms with Crippen molar-refractivity contribution >= 4 is 0 Å². The topological polar surface area (TPSA) is 44.5 Å². The minimum atomic E-state index is -0.235. The zero-order valence-electron chi connectivity index (χ0n) is 8.63. The Bertz CT molecular complexity index is 368. The van der Waals surface area contributed by atoms with Crippen LogP contribution in [0.15, 0.2) is 12.1 Å². The standard InChI is InChI=1S/C11H14FNO2/c1-7(4-13)11-8-5-14-6-15-10(8)3-2-9(11)12/h2-3,7H,4-6,13H2,1H3. The second-order valence-electron chi connectivity index (χ2n) is 3.69. The van der Waals surface area contributed by atoms with Crippen molar-refractivity contribution in [1.29, 1.82) is 0 Å². The highest BCUT2D eigenvalue weighted by Gasteiger charge is 2.21. The number of rotatable bonds is 2. The number of nitrogens with two attached hydrogens (primary N) is 1. The number of fused-ring (bicyclic) bond motifs is 1. The molecule has 0 spiro atoms. The maximum absolute atomic E-state index is 13.6. The van der Waals surface area contributed by atoms with Gasteiger partial charge < -0.3 is 15.2 Å². The van der Waals surface area contributed by atoms with Gasteiger partial charge in [-0.2, -0.15) is 0 Å². The Balaban J connectivity index is 2.50. The van der Waals surface area contributed by atoms with Crippen molar-refractivity contribution in [2.24, 2.45) is 5.73 Å². The molecule has 0 amide bonds. The van der Waals surface area contributed by atoms with Crippen molar-refractivity contribution in [3.8, 4) is 5.75 Å². The third-order valence-electron chi connectivity index (χ3n) is 2.65. The van der Waals surface area contributed by atoms with Gasteiger partial charge in [-0.3, -0.25) is 0 Å². The van der Waals surface area contributed by atoms with E-state index in [2.05, 4.69) is 0 Å². The van der Waals surface area contributed by atoms with Gasteiger partial charge in [-0.1, -0.05) is 6.92 Å². The number of ether oxygens (including phenoxy) is 2. The molecule has 0 radical (unpaired) electrons. The zero-order chi connectivity index (χ0) is 10.8. The molecule has 2 rings (SSSR count). The molecule has 1 atom stereocenters. The van der Waals surface area contributed by atoms with E-state index in [4.69, 9.17) is 15.2 Å². The first-order valence-electron chi connectivity index (χ1n) is 4.96. The van der Waals surface area contributed by atoms with Crippen molar-refractivity contribution in [3.05, 3.63) is 29.1 Å². The molecule has 3 nitrogen and oxygen atoms in total. The lowest BCUT2D eigenvalue weighted by Crippen LogP contribution is -2.18. The molecule has 0 bridgehead atoms. The molecular formula is C11H14FNO2. The molecule has 0 aromatic heterocycles. The van der Waals surface area contributed by atoms with Gasteiger partial charge in [0.15, 0.2) is 6.79 Å². The number of halogens is 1. The minimum absolute atomic E-state index is 0.0229. The fraction of sp³-hybridized carbons (Fsp3) is 0.455. The molecule has 2 N–H and O–H groups in total. The van der Waals surface area contributed by atoms with Gasteiger partial charge in [-0.05, 0) is 24.6 Å². The smallest absolute Gasteiger partial charge is 0.189 e. The molecule has 0 saturated carbocycles. The molecule has 1 aliphatic rings. The molecule has 4 heteroatoms. The van der Waals surface area contributed by atoms with Crippen LogP contribution in [-0.2, 0) is 11.3 Å². The summed E-state index contributed by atoms with van der Waals surface area (Å²) in [6.45, 7) is 2.93. The van der Waals surface area contributed by atoms with E-state index in [1.807, 2.05) is 6.92 Å². The molecular weight excluding hydrogens is 197 g/mol. The summed E-state index contributed by atoms with van der Waals surface area (Å²) in [5, 5.41) is 0. The fourth-order valence-corrected chi connectivity index (χ4v) is 1.80. The van der Waals surface area contributed by atoms with E-state index in [-0.39, 0.29) is 18.5 Å². The van der Waals surface area contributed by atoms with Crippen molar-refractivity contribution in [2.75, 3.05) is 13.3 Å². The van der Waals surface area contributed by atoms with Gasteiger partial charge >= 0.3 is 0 Å². The maximum Gasteiger partial charge on any atom is 0.189 e. The molecule has 1 heterocycles. The highest BCUT2D eigenvalue weighted by Crippen LogP contribution is 2.32. The van der Waals surface area contributed by atoms with Crippen LogP contribution in [0.1, 0.15) is 24.0 Å². The molecule has 0 fully saturated rings. The largest absolute Gasteiger partial charge is 0.467 e. The van der Waals surface area contributed by atoms with E-state index in [1.54, 1.807) is 6.07 Å². The number of hydrogen-bond donors (Lipinski definition) is 1. The van der Waals surface area contributed by atoms with Crippen molar-refractivity contribution in [1.82, 2.24) is 0 Å². The lowest BCUT2D eigenvalue weighted by atomic mass is 9.94.